The molecule has 0 aliphatic carbocycles. The van der Waals surface area contributed by atoms with Crippen LogP contribution >= 0.6 is 0 Å². The molecule has 6 heteroatoms. The van der Waals surface area contributed by atoms with Crippen molar-refractivity contribution in [1.29, 1.82) is 0 Å². The van der Waals surface area contributed by atoms with E-state index in [0.717, 1.165) is 0 Å². The van der Waals surface area contributed by atoms with Gasteiger partial charge in [0.15, 0.2) is 17.6 Å². The van der Waals surface area contributed by atoms with Crippen molar-refractivity contribution in [3.05, 3.63) is 24.3 Å². The normalized spacial score (nSPS) is 13.3. The Labute approximate surface area is 92.8 Å². The number of benzene rings is 1. The highest BCUT2D eigenvalue weighted by molar-refractivity contribution is 5.39. The zero-order valence-corrected chi connectivity index (χ0v) is 8.83. The predicted octanol–water partition coefficient (Wildman–Crippen LogP) is -0.968. The maximum Gasteiger partial charge on any atom is 0.250 e. The SMILES string of the molecule is COc1ccccc1OCC(O)C(N)(O)O. The molecular formula is C10H15NO5. The van der Waals surface area contributed by atoms with E-state index >= 15 is 0 Å². The summed E-state index contributed by atoms with van der Waals surface area (Å²) < 4.78 is 10.1. The zero-order valence-electron chi connectivity index (χ0n) is 8.83. The molecule has 1 unspecified atom stereocenters. The molecule has 0 aromatic heterocycles. The van der Waals surface area contributed by atoms with Crippen molar-refractivity contribution in [3.8, 4) is 11.5 Å². The average Bonchev–Trinajstić information content (AvgIpc) is 2.24. The highest BCUT2D eigenvalue weighted by Crippen LogP contribution is 2.25. The molecule has 1 rings (SSSR count). The van der Waals surface area contributed by atoms with E-state index in [1.54, 1.807) is 24.3 Å². The molecule has 0 bridgehead atoms. The fourth-order valence-electron chi connectivity index (χ4n) is 1.03. The van der Waals surface area contributed by atoms with Gasteiger partial charge in [0.25, 0.3) is 5.91 Å². The van der Waals surface area contributed by atoms with E-state index < -0.39 is 12.0 Å². The van der Waals surface area contributed by atoms with Gasteiger partial charge in [-0.1, -0.05) is 12.1 Å². The van der Waals surface area contributed by atoms with E-state index in [1.807, 2.05) is 0 Å². The smallest absolute Gasteiger partial charge is 0.250 e. The van der Waals surface area contributed by atoms with E-state index in [0.29, 0.717) is 11.5 Å². The van der Waals surface area contributed by atoms with Crippen LogP contribution in [0.3, 0.4) is 0 Å². The lowest BCUT2D eigenvalue weighted by Gasteiger charge is -2.22. The lowest BCUT2D eigenvalue weighted by atomic mass is 10.3. The summed E-state index contributed by atoms with van der Waals surface area (Å²) in [5, 5.41) is 26.9. The Bertz CT molecular complexity index is 336. The van der Waals surface area contributed by atoms with Crippen LogP contribution in [0, 0.1) is 0 Å². The van der Waals surface area contributed by atoms with E-state index in [2.05, 4.69) is 0 Å². The van der Waals surface area contributed by atoms with Gasteiger partial charge in [0.2, 0.25) is 0 Å². The minimum atomic E-state index is -2.68. The van der Waals surface area contributed by atoms with Crippen molar-refractivity contribution < 1.29 is 24.8 Å². The molecule has 0 fully saturated rings. The standard InChI is InChI=1S/C10H15NO5/c1-15-7-4-2-3-5-8(7)16-6-9(12)10(11,13)14/h2-5,9,12-14H,6,11H2,1H3. The Hall–Kier alpha value is -1.34. The van der Waals surface area contributed by atoms with Crippen molar-refractivity contribution in [2.75, 3.05) is 13.7 Å². The molecule has 16 heavy (non-hydrogen) atoms. The van der Waals surface area contributed by atoms with Crippen LogP contribution in [0.5, 0.6) is 11.5 Å². The number of aliphatic hydroxyl groups excluding tert-OH is 1. The van der Waals surface area contributed by atoms with Crippen molar-refractivity contribution in [2.45, 2.75) is 12.0 Å². The highest BCUT2D eigenvalue weighted by atomic mass is 16.6. The maximum absolute atomic E-state index is 9.22. The molecule has 1 atom stereocenters. The van der Waals surface area contributed by atoms with Crippen LogP contribution in [0.25, 0.3) is 0 Å². The van der Waals surface area contributed by atoms with Gasteiger partial charge in [0.1, 0.15) is 6.61 Å². The summed E-state index contributed by atoms with van der Waals surface area (Å²) in [5.74, 6) is -1.82. The molecule has 0 spiro atoms. The largest absolute Gasteiger partial charge is 0.493 e. The van der Waals surface area contributed by atoms with Crippen LogP contribution in [0.1, 0.15) is 0 Å². The quantitative estimate of drug-likeness (QED) is 0.484. The zero-order chi connectivity index (χ0) is 12.2. The molecule has 0 radical (unpaired) electrons. The fraction of sp³-hybridized carbons (Fsp3) is 0.400. The molecule has 90 valence electrons. The van der Waals surface area contributed by atoms with E-state index in [4.69, 9.17) is 25.4 Å². The summed E-state index contributed by atoms with van der Waals surface area (Å²) in [6, 6.07) is 6.78. The summed E-state index contributed by atoms with van der Waals surface area (Å²) in [6.07, 6.45) is -1.61. The van der Waals surface area contributed by atoms with Crippen LogP contribution in [0.4, 0.5) is 0 Å². The van der Waals surface area contributed by atoms with Crippen molar-refractivity contribution in [1.82, 2.24) is 0 Å². The van der Waals surface area contributed by atoms with Crippen LogP contribution in [0.15, 0.2) is 24.3 Å². The van der Waals surface area contributed by atoms with Crippen LogP contribution < -0.4 is 15.2 Å². The summed E-state index contributed by atoms with van der Waals surface area (Å²) in [6.45, 7) is -0.357. The first-order chi connectivity index (χ1) is 7.45. The van der Waals surface area contributed by atoms with Gasteiger partial charge < -0.3 is 24.8 Å². The molecule has 0 saturated carbocycles. The molecule has 1 aromatic carbocycles. The van der Waals surface area contributed by atoms with Gasteiger partial charge >= 0.3 is 0 Å². The van der Waals surface area contributed by atoms with E-state index in [9.17, 15) is 5.11 Å². The maximum atomic E-state index is 9.22. The summed E-state index contributed by atoms with van der Waals surface area (Å²) in [5.41, 5.74) is 4.86. The molecule has 0 aliphatic rings. The molecule has 6 nitrogen and oxygen atoms in total. The molecule has 0 aliphatic heterocycles. The Morgan fingerprint density at radius 2 is 1.88 bits per heavy atom. The Morgan fingerprint density at radius 1 is 1.31 bits per heavy atom. The number of aliphatic hydroxyl groups is 3. The number of hydrogen-bond donors (Lipinski definition) is 4. The number of hydrogen-bond acceptors (Lipinski definition) is 6. The first kappa shape index (κ1) is 12.7. The van der Waals surface area contributed by atoms with Gasteiger partial charge in [0.05, 0.1) is 7.11 Å². The monoisotopic (exact) mass is 229 g/mol. The van der Waals surface area contributed by atoms with Crippen molar-refractivity contribution in [3.63, 3.8) is 0 Å². The van der Waals surface area contributed by atoms with Gasteiger partial charge in [-0.2, -0.15) is 0 Å². The van der Waals surface area contributed by atoms with Gasteiger partial charge in [-0.05, 0) is 12.1 Å². The third-order valence-corrected chi connectivity index (χ3v) is 1.96. The minimum Gasteiger partial charge on any atom is -0.493 e. The van der Waals surface area contributed by atoms with E-state index in [1.165, 1.54) is 7.11 Å². The minimum absolute atomic E-state index is 0.357. The van der Waals surface area contributed by atoms with Crippen molar-refractivity contribution in [2.24, 2.45) is 5.73 Å². The van der Waals surface area contributed by atoms with Gasteiger partial charge in [0, 0.05) is 0 Å². The third kappa shape index (κ3) is 3.35. The summed E-state index contributed by atoms with van der Waals surface area (Å²) >= 11 is 0. The second-order valence-corrected chi connectivity index (χ2v) is 3.26. The van der Waals surface area contributed by atoms with Gasteiger partial charge in [-0.25, -0.2) is 0 Å². The number of para-hydroxylation sites is 2. The Balaban J connectivity index is 2.61. The highest BCUT2D eigenvalue weighted by Gasteiger charge is 2.28. The van der Waals surface area contributed by atoms with Crippen LogP contribution in [-0.2, 0) is 0 Å². The molecule has 0 saturated heterocycles. The summed E-state index contributed by atoms with van der Waals surface area (Å²) in [7, 11) is 1.48. The van der Waals surface area contributed by atoms with Crippen LogP contribution in [-0.4, -0.2) is 41.1 Å². The number of methoxy groups -OCH3 is 1. The predicted molar refractivity (Wildman–Crippen MR) is 55.9 cm³/mol. The fourth-order valence-corrected chi connectivity index (χ4v) is 1.03. The lowest BCUT2D eigenvalue weighted by Crippen LogP contribution is -2.53. The van der Waals surface area contributed by atoms with E-state index in [-0.39, 0.29) is 6.61 Å². The Morgan fingerprint density at radius 3 is 2.38 bits per heavy atom. The topological polar surface area (TPSA) is 105 Å². The second kappa shape index (κ2) is 5.13. The Kier molecular flexibility index (Phi) is 4.08. The number of rotatable bonds is 5. The third-order valence-electron chi connectivity index (χ3n) is 1.96. The lowest BCUT2D eigenvalue weighted by molar-refractivity contribution is -0.226. The molecule has 1 aromatic rings. The summed E-state index contributed by atoms with van der Waals surface area (Å²) in [4.78, 5) is 0. The number of nitrogens with two attached hydrogens (primary N) is 1. The molecule has 0 amide bonds. The number of ether oxygens (including phenoxy) is 2. The first-order valence-electron chi connectivity index (χ1n) is 4.62. The average molecular weight is 229 g/mol. The van der Waals surface area contributed by atoms with Crippen molar-refractivity contribution >= 4 is 0 Å². The molecule has 5 N–H and O–H groups in total. The first-order valence-corrected chi connectivity index (χ1v) is 4.62. The van der Waals surface area contributed by atoms with Gasteiger partial charge in [-0.15, -0.1) is 0 Å². The van der Waals surface area contributed by atoms with Gasteiger partial charge in [-0.3, -0.25) is 5.73 Å². The molecular weight excluding hydrogens is 214 g/mol. The second-order valence-electron chi connectivity index (χ2n) is 3.26. The van der Waals surface area contributed by atoms with Crippen LogP contribution in [0.2, 0.25) is 0 Å². The molecule has 0 heterocycles.